The smallest absolute Gasteiger partial charge is 0.185 e. The predicted octanol–water partition coefficient (Wildman–Crippen LogP) is 1.35. The minimum absolute atomic E-state index is 0.252. The van der Waals surface area contributed by atoms with Crippen LogP contribution in [0.1, 0.15) is 13.3 Å². The molecule has 0 aliphatic heterocycles. The molecule has 0 aliphatic rings. The molecule has 1 rings (SSSR count). The molecule has 0 saturated carbocycles. The van der Waals surface area contributed by atoms with Crippen molar-refractivity contribution >= 4 is 16.5 Å². The molecule has 4 heteroatoms. The Kier molecular flexibility index (Phi) is 4.04. The summed E-state index contributed by atoms with van der Waals surface area (Å²) in [5, 5.41) is 11.7. The lowest BCUT2D eigenvalue weighted by molar-refractivity contribution is 0.289. The van der Waals surface area contributed by atoms with E-state index < -0.39 is 0 Å². The molecule has 0 saturated heterocycles. The van der Waals surface area contributed by atoms with E-state index in [0.717, 1.165) is 24.6 Å². The average molecular weight is 186 g/mol. The highest BCUT2D eigenvalue weighted by atomic mass is 32.1. The topological polar surface area (TPSA) is 36.4 Å². The second-order valence-corrected chi connectivity index (χ2v) is 3.34. The van der Waals surface area contributed by atoms with Crippen LogP contribution >= 0.6 is 11.3 Å². The first-order valence-corrected chi connectivity index (χ1v) is 5.01. The Morgan fingerprint density at radius 1 is 1.67 bits per heavy atom. The van der Waals surface area contributed by atoms with Crippen molar-refractivity contribution in [1.82, 2.24) is 4.98 Å². The lowest BCUT2D eigenvalue weighted by Gasteiger charge is -2.18. The maximum absolute atomic E-state index is 8.66. The van der Waals surface area contributed by atoms with Crippen LogP contribution < -0.4 is 4.90 Å². The fraction of sp³-hybridized carbons (Fsp3) is 0.625. The number of aromatic nitrogens is 1. The molecular formula is C8H14N2OS. The number of hydrogen-bond donors (Lipinski definition) is 1. The van der Waals surface area contributed by atoms with Crippen LogP contribution in [0.3, 0.4) is 0 Å². The van der Waals surface area contributed by atoms with Crippen LogP contribution in [-0.4, -0.2) is 29.8 Å². The van der Waals surface area contributed by atoms with Gasteiger partial charge in [0.1, 0.15) is 0 Å². The monoisotopic (exact) mass is 186 g/mol. The van der Waals surface area contributed by atoms with Gasteiger partial charge in [0.05, 0.1) is 0 Å². The van der Waals surface area contributed by atoms with E-state index in [9.17, 15) is 0 Å². The van der Waals surface area contributed by atoms with Gasteiger partial charge in [-0.25, -0.2) is 4.98 Å². The van der Waals surface area contributed by atoms with Crippen molar-refractivity contribution in [3.63, 3.8) is 0 Å². The standard InChI is InChI=1S/C8H14N2OS/c1-2-10(5-3-6-11)8-9-4-7-12-8/h4,7,11H,2-3,5-6H2,1H3. The number of rotatable bonds is 5. The normalized spacial score (nSPS) is 10.2. The van der Waals surface area contributed by atoms with Gasteiger partial charge in [-0.1, -0.05) is 0 Å². The minimum Gasteiger partial charge on any atom is -0.396 e. The van der Waals surface area contributed by atoms with E-state index >= 15 is 0 Å². The molecule has 0 aliphatic carbocycles. The van der Waals surface area contributed by atoms with Crippen LogP contribution in [0.25, 0.3) is 0 Å². The Morgan fingerprint density at radius 2 is 2.50 bits per heavy atom. The molecule has 1 N–H and O–H groups in total. The molecule has 0 fully saturated rings. The van der Waals surface area contributed by atoms with E-state index in [4.69, 9.17) is 5.11 Å². The van der Waals surface area contributed by atoms with Crippen molar-refractivity contribution in [2.24, 2.45) is 0 Å². The highest BCUT2D eigenvalue weighted by Crippen LogP contribution is 2.16. The van der Waals surface area contributed by atoms with E-state index in [1.165, 1.54) is 0 Å². The summed E-state index contributed by atoms with van der Waals surface area (Å²) < 4.78 is 0. The molecule has 0 atom stereocenters. The zero-order valence-electron chi connectivity index (χ0n) is 7.23. The first kappa shape index (κ1) is 9.48. The quantitative estimate of drug-likeness (QED) is 0.754. The fourth-order valence-corrected chi connectivity index (χ4v) is 1.76. The zero-order valence-corrected chi connectivity index (χ0v) is 8.05. The Morgan fingerprint density at radius 3 is 3.00 bits per heavy atom. The van der Waals surface area contributed by atoms with Crippen LogP contribution in [-0.2, 0) is 0 Å². The number of anilines is 1. The molecule has 1 aromatic heterocycles. The van der Waals surface area contributed by atoms with Gasteiger partial charge in [-0.05, 0) is 13.3 Å². The van der Waals surface area contributed by atoms with Crippen molar-refractivity contribution < 1.29 is 5.11 Å². The largest absolute Gasteiger partial charge is 0.396 e. The minimum atomic E-state index is 0.252. The lowest BCUT2D eigenvalue weighted by Crippen LogP contribution is -2.24. The molecule has 1 heterocycles. The summed E-state index contributed by atoms with van der Waals surface area (Å²) in [5.74, 6) is 0. The summed E-state index contributed by atoms with van der Waals surface area (Å²) in [6.07, 6.45) is 2.62. The third-order valence-electron chi connectivity index (χ3n) is 1.66. The SMILES string of the molecule is CCN(CCCO)c1nccs1. The van der Waals surface area contributed by atoms with Crippen LogP contribution in [0.15, 0.2) is 11.6 Å². The molecule has 68 valence electrons. The van der Waals surface area contributed by atoms with E-state index in [1.807, 2.05) is 11.6 Å². The summed E-state index contributed by atoms with van der Waals surface area (Å²) in [4.78, 5) is 6.37. The molecular weight excluding hydrogens is 172 g/mol. The Bertz CT molecular complexity index is 201. The van der Waals surface area contributed by atoms with Gasteiger partial charge in [-0.2, -0.15) is 0 Å². The molecule has 0 radical (unpaired) electrons. The van der Waals surface area contributed by atoms with Crippen molar-refractivity contribution in [3.8, 4) is 0 Å². The highest BCUT2D eigenvalue weighted by Gasteiger charge is 2.04. The zero-order chi connectivity index (χ0) is 8.81. The maximum atomic E-state index is 8.66. The third-order valence-corrected chi connectivity index (χ3v) is 2.49. The number of aliphatic hydroxyl groups excluding tert-OH is 1. The van der Waals surface area contributed by atoms with E-state index in [1.54, 1.807) is 11.3 Å². The average Bonchev–Trinajstić information content (AvgIpc) is 2.59. The molecule has 0 amide bonds. The maximum Gasteiger partial charge on any atom is 0.185 e. The molecule has 0 spiro atoms. The Hall–Kier alpha value is -0.610. The van der Waals surface area contributed by atoms with Gasteiger partial charge < -0.3 is 10.0 Å². The van der Waals surface area contributed by atoms with Gasteiger partial charge >= 0.3 is 0 Å². The van der Waals surface area contributed by atoms with Gasteiger partial charge in [0.25, 0.3) is 0 Å². The number of thiazole rings is 1. The van der Waals surface area contributed by atoms with Gasteiger partial charge in [0, 0.05) is 31.3 Å². The first-order chi connectivity index (χ1) is 5.88. The Balaban J connectivity index is 2.45. The summed E-state index contributed by atoms with van der Waals surface area (Å²) in [7, 11) is 0. The summed E-state index contributed by atoms with van der Waals surface area (Å²) in [6.45, 7) is 4.19. The van der Waals surface area contributed by atoms with E-state index in [-0.39, 0.29) is 6.61 Å². The second-order valence-electron chi connectivity index (χ2n) is 2.47. The summed E-state index contributed by atoms with van der Waals surface area (Å²) >= 11 is 1.64. The highest BCUT2D eigenvalue weighted by molar-refractivity contribution is 7.13. The van der Waals surface area contributed by atoms with Crippen LogP contribution in [0.5, 0.6) is 0 Å². The molecule has 12 heavy (non-hydrogen) atoms. The molecule has 0 bridgehead atoms. The molecule has 0 aromatic carbocycles. The van der Waals surface area contributed by atoms with Gasteiger partial charge in [0.15, 0.2) is 5.13 Å². The molecule has 3 nitrogen and oxygen atoms in total. The first-order valence-electron chi connectivity index (χ1n) is 4.13. The predicted molar refractivity (Wildman–Crippen MR) is 51.7 cm³/mol. The van der Waals surface area contributed by atoms with Gasteiger partial charge in [-0.15, -0.1) is 11.3 Å². The molecule has 1 aromatic rings. The lowest BCUT2D eigenvalue weighted by atomic mass is 10.4. The second kappa shape index (κ2) is 5.11. The van der Waals surface area contributed by atoms with Crippen LogP contribution in [0.4, 0.5) is 5.13 Å². The number of hydrogen-bond acceptors (Lipinski definition) is 4. The van der Waals surface area contributed by atoms with E-state index in [0.29, 0.717) is 0 Å². The van der Waals surface area contributed by atoms with Crippen molar-refractivity contribution in [1.29, 1.82) is 0 Å². The van der Waals surface area contributed by atoms with Gasteiger partial charge in [-0.3, -0.25) is 0 Å². The van der Waals surface area contributed by atoms with Crippen LogP contribution in [0.2, 0.25) is 0 Å². The van der Waals surface area contributed by atoms with Crippen molar-refractivity contribution in [2.45, 2.75) is 13.3 Å². The third kappa shape index (κ3) is 2.46. The van der Waals surface area contributed by atoms with Crippen molar-refractivity contribution in [3.05, 3.63) is 11.6 Å². The molecule has 0 unspecified atom stereocenters. The van der Waals surface area contributed by atoms with Crippen molar-refractivity contribution in [2.75, 3.05) is 24.6 Å². The van der Waals surface area contributed by atoms with Gasteiger partial charge in [0.2, 0.25) is 0 Å². The van der Waals surface area contributed by atoms with E-state index in [2.05, 4.69) is 16.8 Å². The number of nitrogens with zero attached hydrogens (tertiary/aromatic N) is 2. The summed E-state index contributed by atoms with van der Waals surface area (Å²) in [5.41, 5.74) is 0. The fourth-order valence-electron chi connectivity index (χ4n) is 1.02. The number of aliphatic hydroxyl groups is 1. The summed E-state index contributed by atoms with van der Waals surface area (Å²) in [6, 6.07) is 0. The Labute approximate surface area is 76.7 Å². The van der Waals surface area contributed by atoms with Crippen LogP contribution in [0, 0.1) is 0 Å².